The number of hydrogen-bond acceptors (Lipinski definition) is 5. The topological polar surface area (TPSA) is 86.3 Å². The zero-order valence-corrected chi connectivity index (χ0v) is 23.3. The maximum absolute atomic E-state index is 13.3. The SMILES string of the molecule is CC(C)(C)C#Cc1csc(C2(c3nc4c(c(=O)[nH]3)CN(C(=O)[C@H](O)c3cccc(C(F)(F)F)c3)CCC4)CC2)c1. The van der Waals surface area contributed by atoms with Crippen molar-refractivity contribution in [1.29, 1.82) is 0 Å². The molecular weight excluding hydrogens is 539 g/mol. The Hall–Kier alpha value is -3.42. The van der Waals surface area contributed by atoms with Gasteiger partial charge in [-0.2, -0.15) is 13.2 Å². The number of H-pyrrole nitrogens is 1. The Kier molecular flexibility index (Phi) is 7.17. The van der Waals surface area contributed by atoms with Crippen LogP contribution in [0.1, 0.15) is 84.8 Å². The van der Waals surface area contributed by atoms with Crippen molar-refractivity contribution >= 4 is 17.2 Å². The second-order valence-corrected chi connectivity index (χ2v) is 12.4. The second kappa shape index (κ2) is 10.2. The Bertz CT molecular complexity index is 1570. The van der Waals surface area contributed by atoms with E-state index in [2.05, 4.69) is 43.7 Å². The van der Waals surface area contributed by atoms with Crippen molar-refractivity contribution in [3.8, 4) is 11.8 Å². The monoisotopic (exact) mass is 569 g/mol. The fourth-order valence-corrected chi connectivity index (χ4v) is 5.98. The minimum absolute atomic E-state index is 0.0780. The van der Waals surface area contributed by atoms with Gasteiger partial charge in [0.25, 0.3) is 11.5 Å². The van der Waals surface area contributed by atoms with Crippen LogP contribution in [-0.2, 0) is 29.4 Å². The van der Waals surface area contributed by atoms with Crippen LogP contribution in [0.2, 0.25) is 0 Å². The number of carbonyl (C=O) groups excluding carboxylic acids is 1. The maximum Gasteiger partial charge on any atom is 0.416 e. The van der Waals surface area contributed by atoms with Crippen molar-refractivity contribution in [2.24, 2.45) is 5.41 Å². The standard InChI is InChI=1S/C30H30F3N3O3S/c1-28(2,3)10-9-18-14-23(40-17-18)29(11-12-29)27-34-22-8-5-13-36(16-21(22)25(38)35-27)26(39)24(37)19-6-4-7-20(15-19)30(31,32)33/h4,6-7,14-15,17,24,37H,5,8,11-13,16H2,1-3H3,(H,34,35,38)/t24-/m1/s1. The van der Waals surface area contributed by atoms with Crippen molar-refractivity contribution in [2.75, 3.05) is 6.54 Å². The minimum Gasteiger partial charge on any atom is -0.378 e. The van der Waals surface area contributed by atoms with Gasteiger partial charge in [-0.25, -0.2) is 4.98 Å². The summed E-state index contributed by atoms with van der Waals surface area (Å²) in [5.74, 6) is 6.33. The van der Waals surface area contributed by atoms with Crippen LogP contribution in [0.5, 0.6) is 0 Å². The number of benzene rings is 1. The van der Waals surface area contributed by atoms with Gasteiger partial charge in [0.2, 0.25) is 0 Å². The van der Waals surface area contributed by atoms with Crippen LogP contribution in [0.4, 0.5) is 13.2 Å². The first kappa shape index (κ1) is 28.1. The van der Waals surface area contributed by atoms with Crippen molar-refractivity contribution in [3.05, 3.63) is 84.7 Å². The third-order valence-corrected chi connectivity index (χ3v) is 8.36. The van der Waals surface area contributed by atoms with Gasteiger partial charge in [-0.1, -0.05) is 24.0 Å². The molecule has 1 amide bonds. The molecule has 0 unspecified atom stereocenters. The Morgan fingerprint density at radius 3 is 2.65 bits per heavy atom. The Morgan fingerprint density at radius 1 is 1.23 bits per heavy atom. The van der Waals surface area contributed by atoms with E-state index in [1.165, 1.54) is 11.0 Å². The maximum atomic E-state index is 13.3. The number of aliphatic hydroxyl groups excluding tert-OH is 1. The molecule has 2 aromatic heterocycles. The summed E-state index contributed by atoms with van der Waals surface area (Å²) < 4.78 is 39.4. The Morgan fingerprint density at radius 2 is 1.98 bits per heavy atom. The highest BCUT2D eigenvalue weighted by molar-refractivity contribution is 7.10. The molecule has 6 nitrogen and oxygen atoms in total. The predicted octanol–water partition coefficient (Wildman–Crippen LogP) is 5.34. The fraction of sp³-hybridized carbons (Fsp3) is 0.433. The molecule has 1 aliphatic carbocycles. The van der Waals surface area contributed by atoms with E-state index < -0.39 is 23.8 Å². The highest BCUT2D eigenvalue weighted by Crippen LogP contribution is 2.54. The van der Waals surface area contributed by atoms with Crippen molar-refractivity contribution in [2.45, 2.75) is 70.7 Å². The van der Waals surface area contributed by atoms with E-state index in [0.717, 1.165) is 41.5 Å². The molecule has 1 saturated carbocycles. The number of aryl methyl sites for hydroxylation is 1. The average Bonchev–Trinajstić information content (AvgIpc) is 3.61. The molecule has 0 bridgehead atoms. The zero-order valence-electron chi connectivity index (χ0n) is 22.5. The lowest BCUT2D eigenvalue weighted by Crippen LogP contribution is -2.36. The average molecular weight is 570 g/mol. The number of amides is 1. The van der Waals surface area contributed by atoms with Gasteiger partial charge in [-0.15, -0.1) is 11.3 Å². The minimum atomic E-state index is -4.60. The van der Waals surface area contributed by atoms with Crippen LogP contribution in [-0.4, -0.2) is 32.4 Å². The first-order chi connectivity index (χ1) is 18.8. The summed E-state index contributed by atoms with van der Waals surface area (Å²) in [5.41, 5.74) is -0.0218. The smallest absolute Gasteiger partial charge is 0.378 e. The number of aromatic nitrogens is 2. The van der Waals surface area contributed by atoms with Gasteiger partial charge in [-0.05, 0) is 70.2 Å². The molecule has 40 heavy (non-hydrogen) atoms. The molecule has 0 radical (unpaired) electrons. The van der Waals surface area contributed by atoms with Crippen molar-refractivity contribution in [1.82, 2.24) is 14.9 Å². The van der Waals surface area contributed by atoms with Crippen molar-refractivity contribution < 1.29 is 23.1 Å². The molecule has 1 aromatic carbocycles. The Balaban J connectivity index is 1.38. The molecule has 1 atom stereocenters. The number of fused-ring (bicyclic) bond motifs is 1. The van der Waals surface area contributed by atoms with Gasteiger partial charge in [0, 0.05) is 27.8 Å². The quantitative estimate of drug-likeness (QED) is 0.416. The van der Waals surface area contributed by atoms with E-state index >= 15 is 0 Å². The number of carbonyl (C=O) groups is 1. The normalized spacial score (nSPS) is 17.3. The zero-order chi connectivity index (χ0) is 28.9. The molecular formula is C30H30F3N3O3S. The summed E-state index contributed by atoms with van der Waals surface area (Å²) in [6.45, 7) is 6.33. The first-order valence-electron chi connectivity index (χ1n) is 13.2. The number of nitrogens with zero attached hydrogens (tertiary/aromatic N) is 2. The third-order valence-electron chi connectivity index (χ3n) is 7.22. The molecule has 10 heteroatoms. The molecule has 0 saturated heterocycles. The van der Waals surface area contributed by atoms with Gasteiger partial charge >= 0.3 is 6.18 Å². The number of halogens is 3. The molecule has 2 N–H and O–H groups in total. The Labute approximate surface area is 234 Å². The predicted molar refractivity (Wildman–Crippen MR) is 146 cm³/mol. The lowest BCUT2D eigenvalue weighted by molar-refractivity contribution is -0.142. The van der Waals surface area contributed by atoms with E-state index in [-0.39, 0.29) is 35.0 Å². The summed E-state index contributed by atoms with van der Waals surface area (Å²) in [6, 6.07) is 6.16. The fourth-order valence-electron chi connectivity index (χ4n) is 4.87. The van der Waals surface area contributed by atoms with Crippen LogP contribution < -0.4 is 5.56 Å². The van der Waals surface area contributed by atoms with Gasteiger partial charge in [-0.3, -0.25) is 9.59 Å². The van der Waals surface area contributed by atoms with Gasteiger partial charge < -0.3 is 15.0 Å². The van der Waals surface area contributed by atoms with Crippen LogP contribution in [0.25, 0.3) is 0 Å². The van der Waals surface area contributed by atoms with E-state index in [4.69, 9.17) is 4.98 Å². The summed E-state index contributed by atoms with van der Waals surface area (Å²) in [7, 11) is 0. The highest BCUT2D eigenvalue weighted by atomic mass is 32.1. The summed E-state index contributed by atoms with van der Waals surface area (Å²) in [5, 5.41) is 12.7. The molecule has 210 valence electrons. The lowest BCUT2D eigenvalue weighted by atomic mass is 9.97. The number of alkyl halides is 3. The highest BCUT2D eigenvalue weighted by Gasteiger charge is 2.50. The largest absolute Gasteiger partial charge is 0.416 e. The van der Waals surface area contributed by atoms with Crippen LogP contribution >= 0.6 is 11.3 Å². The first-order valence-corrected chi connectivity index (χ1v) is 14.0. The van der Waals surface area contributed by atoms with Gasteiger partial charge in [0.15, 0.2) is 6.10 Å². The summed E-state index contributed by atoms with van der Waals surface area (Å²) in [6.07, 6.45) is -3.69. The molecule has 1 aliphatic heterocycles. The van der Waals surface area contributed by atoms with Crippen molar-refractivity contribution in [3.63, 3.8) is 0 Å². The third kappa shape index (κ3) is 5.72. The van der Waals surface area contributed by atoms with Crippen LogP contribution in [0.3, 0.4) is 0 Å². The molecule has 2 aliphatic rings. The van der Waals surface area contributed by atoms with E-state index in [1.54, 1.807) is 11.3 Å². The van der Waals surface area contributed by atoms with E-state index in [9.17, 15) is 27.9 Å². The molecule has 0 spiro atoms. The number of nitrogens with one attached hydrogen (secondary N) is 1. The van der Waals surface area contributed by atoms with E-state index in [1.807, 2.05) is 5.38 Å². The number of aromatic amines is 1. The second-order valence-electron chi connectivity index (χ2n) is 11.5. The number of hydrogen-bond donors (Lipinski definition) is 2. The lowest BCUT2D eigenvalue weighted by Gasteiger charge is -2.24. The van der Waals surface area contributed by atoms with Crippen LogP contribution in [0, 0.1) is 17.3 Å². The number of rotatable bonds is 4. The summed E-state index contributed by atoms with van der Waals surface area (Å²) in [4.78, 5) is 36.6. The number of thiophene rings is 1. The number of aliphatic hydroxyl groups is 1. The van der Waals surface area contributed by atoms with E-state index in [0.29, 0.717) is 29.9 Å². The van der Waals surface area contributed by atoms with Gasteiger partial charge in [0.1, 0.15) is 5.82 Å². The molecule has 1 fully saturated rings. The summed E-state index contributed by atoms with van der Waals surface area (Å²) >= 11 is 1.60. The van der Waals surface area contributed by atoms with Gasteiger partial charge in [0.05, 0.1) is 28.8 Å². The molecule has 3 heterocycles. The van der Waals surface area contributed by atoms with Crippen LogP contribution in [0.15, 0.2) is 40.5 Å². The molecule has 5 rings (SSSR count). The molecule has 3 aromatic rings.